The largest absolute Gasteiger partial charge is 0.495 e. The molecular weight excluding hydrogens is 661 g/mol. The van der Waals surface area contributed by atoms with Crippen LogP contribution in [0, 0.1) is 11.6 Å². The summed E-state index contributed by atoms with van der Waals surface area (Å²) in [6, 6.07) is 8.61. The van der Waals surface area contributed by atoms with Gasteiger partial charge in [0.15, 0.2) is 0 Å². The Kier molecular flexibility index (Phi) is 9.76. The summed E-state index contributed by atoms with van der Waals surface area (Å²) < 4.78 is 87.2. The second kappa shape index (κ2) is 14.0. The molecule has 3 aromatic heterocycles. The Balaban J connectivity index is 1.24. The number of pyridine rings is 1. The monoisotopic (exact) mass is 695 g/mol. The van der Waals surface area contributed by atoms with Crippen LogP contribution < -0.4 is 15.4 Å². The Morgan fingerprint density at radius 3 is 2.40 bits per heavy atom. The Morgan fingerprint density at radius 1 is 1.02 bits per heavy atom. The first kappa shape index (κ1) is 34.8. The van der Waals surface area contributed by atoms with Gasteiger partial charge < -0.3 is 24.5 Å². The number of hydrogen-bond acceptors (Lipinski definition) is 6. The molecule has 5 aromatic rings. The van der Waals surface area contributed by atoms with Crippen LogP contribution in [0.15, 0.2) is 67.0 Å². The van der Waals surface area contributed by atoms with Crippen LogP contribution in [-0.2, 0) is 22.8 Å². The summed E-state index contributed by atoms with van der Waals surface area (Å²) in [4.78, 5) is 26.0. The smallest absolute Gasteiger partial charge is 0.417 e. The predicted octanol–water partition coefficient (Wildman–Crippen LogP) is 7.07. The van der Waals surface area contributed by atoms with Crippen molar-refractivity contribution in [2.75, 3.05) is 26.1 Å². The SMILES string of the molecule is COc1c(-c2cccn3c(C(=O)c4cc(F)c(NC(=O)/C=C/CNC5CCC(OC)CC5)c(F)c4)ccc23)c(C(F)(F)F)cc2c1cnn2C. The highest BCUT2D eigenvalue weighted by Gasteiger charge is 2.37. The van der Waals surface area contributed by atoms with Gasteiger partial charge in [0.25, 0.3) is 0 Å². The maximum absolute atomic E-state index is 15.1. The maximum Gasteiger partial charge on any atom is 0.417 e. The molecule has 1 amide bonds. The number of aryl methyl sites for hydroxylation is 1. The lowest BCUT2D eigenvalue weighted by Crippen LogP contribution is -2.35. The van der Waals surface area contributed by atoms with Gasteiger partial charge in [-0.2, -0.15) is 18.3 Å². The minimum absolute atomic E-state index is 0.0529. The number of amides is 1. The van der Waals surface area contributed by atoms with Crippen LogP contribution in [-0.4, -0.2) is 58.8 Å². The van der Waals surface area contributed by atoms with E-state index in [1.807, 2.05) is 0 Å². The number of hydrogen-bond donors (Lipinski definition) is 2. The highest BCUT2D eigenvalue weighted by Crippen LogP contribution is 2.47. The number of aromatic nitrogens is 3. The van der Waals surface area contributed by atoms with Crippen molar-refractivity contribution in [3.63, 3.8) is 0 Å². The fourth-order valence-corrected chi connectivity index (χ4v) is 6.54. The minimum Gasteiger partial charge on any atom is -0.495 e. The van der Waals surface area contributed by atoms with Crippen LogP contribution in [0.5, 0.6) is 5.75 Å². The second-order valence-electron chi connectivity index (χ2n) is 12.1. The summed E-state index contributed by atoms with van der Waals surface area (Å²) in [5.74, 6) is -3.95. The highest BCUT2D eigenvalue weighted by atomic mass is 19.4. The van der Waals surface area contributed by atoms with E-state index >= 15 is 8.78 Å². The van der Waals surface area contributed by atoms with Gasteiger partial charge in [-0.15, -0.1) is 0 Å². The molecule has 9 nitrogen and oxygen atoms in total. The van der Waals surface area contributed by atoms with E-state index in [0.717, 1.165) is 43.9 Å². The molecule has 0 spiro atoms. The number of alkyl halides is 3. The molecule has 0 saturated heterocycles. The van der Waals surface area contributed by atoms with Crippen LogP contribution in [0.2, 0.25) is 0 Å². The standard InChI is InChI=1S/C36H34F5N5O4/c1-45-30-18-25(36(39,40)41)32(35(50-3)24(30)19-43-45)23-6-5-15-46-28(23)12-13-29(46)34(48)20-16-26(37)33(27(38)17-20)44-31(47)7-4-14-42-21-8-10-22(49-2)11-9-21/h4-7,12-13,15-19,21-22,42H,8-11,14H2,1-3H3,(H,44,47)/b7-4+. The number of fused-ring (bicyclic) bond motifs is 2. The highest BCUT2D eigenvalue weighted by molar-refractivity contribution is 6.10. The summed E-state index contributed by atoms with van der Waals surface area (Å²) in [7, 11) is 4.48. The Hall–Kier alpha value is -5.08. The molecule has 0 aliphatic heterocycles. The zero-order valence-electron chi connectivity index (χ0n) is 27.4. The lowest BCUT2D eigenvalue weighted by Gasteiger charge is -2.27. The first-order chi connectivity index (χ1) is 23.9. The summed E-state index contributed by atoms with van der Waals surface area (Å²) in [5.41, 5.74) is -1.82. The molecule has 3 heterocycles. The van der Waals surface area contributed by atoms with Gasteiger partial charge in [-0.25, -0.2) is 8.78 Å². The molecule has 0 atom stereocenters. The van der Waals surface area contributed by atoms with Crippen molar-refractivity contribution >= 4 is 33.8 Å². The van der Waals surface area contributed by atoms with Gasteiger partial charge >= 0.3 is 6.18 Å². The molecular formula is C36H34F5N5O4. The van der Waals surface area contributed by atoms with E-state index in [1.165, 1.54) is 66.0 Å². The van der Waals surface area contributed by atoms with Gasteiger partial charge in [0, 0.05) is 55.7 Å². The van der Waals surface area contributed by atoms with Crippen molar-refractivity contribution in [3.8, 4) is 16.9 Å². The number of carbonyl (C=O) groups excluding carboxylic acids is 2. The number of ketones is 1. The average molecular weight is 696 g/mol. The van der Waals surface area contributed by atoms with E-state index in [-0.39, 0.29) is 51.3 Å². The third-order valence-corrected chi connectivity index (χ3v) is 9.06. The number of ether oxygens (including phenoxy) is 2. The number of carbonyl (C=O) groups is 2. The summed E-state index contributed by atoms with van der Waals surface area (Å²) in [5, 5.41) is 9.94. The molecule has 1 aliphatic carbocycles. The summed E-state index contributed by atoms with van der Waals surface area (Å²) in [6.45, 7) is 0.392. The number of rotatable bonds is 10. The van der Waals surface area contributed by atoms with Crippen molar-refractivity contribution in [3.05, 3.63) is 95.5 Å². The van der Waals surface area contributed by atoms with E-state index in [4.69, 9.17) is 9.47 Å². The average Bonchev–Trinajstić information content (AvgIpc) is 3.70. The van der Waals surface area contributed by atoms with Crippen molar-refractivity contribution in [1.29, 1.82) is 0 Å². The number of nitrogens with one attached hydrogen (secondary N) is 2. The van der Waals surface area contributed by atoms with Gasteiger partial charge in [0.1, 0.15) is 23.1 Å². The number of methoxy groups -OCH3 is 2. The number of benzene rings is 2. The topological polar surface area (TPSA) is 98.9 Å². The molecule has 1 aliphatic rings. The molecule has 6 rings (SSSR count). The molecule has 0 unspecified atom stereocenters. The lowest BCUT2D eigenvalue weighted by molar-refractivity contribution is -0.137. The first-order valence-electron chi connectivity index (χ1n) is 15.9. The molecule has 2 N–H and O–H groups in total. The van der Waals surface area contributed by atoms with Crippen molar-refractivity contribution in [1.82, 2.24) is 19.5 Å². The van der Waals surface area contributed by atoms with Gasteiger partial charge in [0.05, 0.1) is 47.1 Å². The molecule has 2 aromatic carbocycles. The minimum atomic E-state index is -4.78. The number of anilines is 1. The number of halogens is 5. The van der Waals surface area contributed by atoms with Crippen molar-refractivity contribution in [2.45, 2.75) is 44.0 Å². The summed E-state index contributed by atoms with van der Waals surface area (Å²) in [6.07, 6.45) is 4.84. The van der Waals surface area contributed by atoms with Crippen molar-refractivity contribution in [2.24, 2.45) is 7.05 Å². The van der Waals surface area contributed by atoms with E-state index in [2.05, 4.69) is 15.7 Å². The van der Waals surface area contributed by atoms with E-state index in [0.29, 0.717) is 11.9 Å². The Bertz CT molecular complexity index is 2090. The van der Waals surface area contributed by atoms with E-state index in [9.17, 15) is 22.8 Å². The molecule has 14 heteroatoms. The summed E-state index contributed by atoms with van der Waals surface area (Å²) >= 11 is 0. The second-order valence-corrected chi connectivity index (χ2v) is 12.1. The van der Waals surface area contributed by atoms with E-state index < -0.39 is 40.8 Å². The van der Waals surface area contributed by atoms with Crippen LogP contribution in [0.3, 0.4) is 0 Å². The fraction of sp³-hybridized carbons (Fsp3) is 0.306. The van der Waals surface area contributed by atoms with Crippen molar-refractivity contribution < 1.29 is 41.0 Å². The predicted molar refractivity (Wildman–Crippen MR) is 177 cm³/mol. The first-order valence-corrected chi connectivity index (χ1v) is 15.9. The fourth-order valence-electron chi connectivity index (χ4n) is 6.54. The molecule has 0 bridgehead atoms. The third kappa shape index (κ3) is 6.72. The zero-order chi connectivity index (χ0) is 35.7. The molecule has 262 valence electrons. The van der Waals surface area contributed by atoms with Crippen LogP contribution >= 0.6 is 0 Å². The lowest BCUT2D eigenvalue weighted by atomic mass is 9.93. The molecule has 1 fully saturated rings. The molecule has 0 radical (unpaired) electrons. The Morgan fingerprint density at radius 2 is 1.74 bits per heavy atom. The zero-order valence-corrected chi connectivity index (χ0v) is 27.4. The van der Waals surface area contributed by atoms with Crippen LogP contribution in [0.4, 0.5) is 27.6 Å². The Labute approximate surface area is 283 Å². The van der Waals surface area contributed by atoms with Gasteiger partial charge in [-0.05, 0) is 62.1 Å². The van der Waals surface area contributed by atoms with Crippen LogP contribution in [0.1, 0.15) is 47.3 Å². The van der Waals surface area contributed by atoms with Gasteiger partial charge in [0.2, 0.25) is 11.7 Å². The quantitative estimate of drug-likeness (QED) is 0.0922. The third-order valence-electron chi connectivity index (χ3n) is 9.06. The van der Waals surface area contributed by atoms with Gasteiger partial charge in [-0.3, -0.25) is 14.3 Å². The number of nitrogens with zero attached hydrogens (tertiary/aromatic N) is 3. The molecule has 1 saturated carbocycles. The van der Waals surface area contributed by atoms with Crippen LogP contribution in [0.25, 0.3) is 27.5 Å². The van der Waals surface area contributed by atoms with E-state index in [1.54, 1.807) is 13.2 Å². The maximum atomic E-state index is 15.1. The van der Waals surface area contributed by atoms with Gasteiger partial charge in [-0.1, -0.05) is 12.1 Å². The molecule has 50 heavy (non-hydrogen) atoms. The normalized spacial score (nSPS) is 16.8.